The van der Waals surface area contributed by atoms with Gasteiger partial charge < -0.3 is 4.74 Å². The fraction of sp³-hybridized carbons (Fsp3) is 0.455. The number of carbonyl (C=O) groups excluding carboxylic acids is 1. The Morgan fingerprint density at radius 3 is 2.86 bits per heavy atom. The Kier molecular flexibility index (Phi) is 2.02. The van der Waals surface area contributed by atoms with Crippen LogP contribution in [0.15, 0.2) is 6.20 Å². The van der Waals surface area contributed by atoms with E-state index in [4.69, 9.17) is 4.74 Å². The third-order valence-electron chi connectivity index (χ3n) is 2.58. The summed E-state index contributed by atoms with van der Waals surface area (Å²) in [6.07, 6.45) is 1.85. The summed E-state index contributed by atoms with van der Waals surface area (Å²) in [5.74, 6) is 0.152. The molecule has 0 aliphatic carbocycles. The minimum atomic E-state index is -0.229. The maximum atomic E-state index is 11.4. The van der Waals surface area contributed by atoms with Gasteiger partial charge in [0, 0.05) is 11.8 Å². The van der Waals surface area contributed by atoms with Crippen molar-refractivity contribution in [1.82, 2.24) is 4.98 Å². The summed E-state index contributed by atoms with van der Waals surface area (Å²) in [4.78, 5) is 15.6. The van der Waals surface area contributed by atoms with Gasteiger partial charge in [-0.3, -0.25) is 4.98 Å². The fourth-order valence-corrected chi connectivity index (χ4v) is 1.81. The second-order valence-corrected chi connectivity index (χ2v) is 3.88. The van der Waals surface area contributed by atoms with E-state index >= 15 is 0 Å². The van der Waals surface area contributed by atoms with E-state index in [1.165, 1.54) is 0 Å². The van der Waals surface area contributed by atoms with Gasteiger partial charge in [0.25, 0.3) is 0 Å². The first-order valence-corrected chi connectivity index (χ1v) is 4.76. The Labute approximate surface area is 83.1 Å². The van der Waals surface area contributed by atoms with Gasteiger partial charge in [-0.25, -0.2) is 4.79 Å². The molecule has 14 heavy (non-hydrogen) atoms. The molecule has 3 heteroatoms. The van der Waals surface area contributed by atoms with Crippen molar-refractivity contribution in [3.05, 3.63) is 28.6 Å². The highest BCUT2D eigenvalue weighted by Crippen LogP contribution is 2.29. The van der Waals surface area contributed by atoms with E-state index in [-0.39, 0.29) is 5.97 Å². The Balaban J connectivity index is 2.64. The molecule has 2 heterocycles. The number of aromatic nitrogens is 1. The zero-order chi connectivity index (χ0) is 10.3. The molecule has 74 valence electrons. The molecule has 2 rings (SSSR count). The molecule has 0 atom stereocenters. The number of esters is 1. The molecule has 0 spiro atoms. The van der Waals surface area contributed by atoms with Crippen LogP contribution >= 0.6 is 0 Å². The maximum absolute atomic E-state index is 11.4. The first-order valence-electron chi connectivity index (χ1n) is 4.76. The molecular weight excluding hydrogens is 178 g/mol. The van der Waals surface area contributed by atoms with Crippen LogP contribution in [0.1, 0.15) is 46.9 Å². The highest BCUT2D eigenvalue weighted by atomic mass is 16.5. The quantitative estimate of drug-likeness (QED) is 0.639. The van der Waals surface area contributed by atoms with Crippen molar-refractivity contribution in [2.24, 2.45) is 0 Å². The third kappa shape index (κ3) is 1.20. The van der Waals surface area contributed by atoms with Gasteiger partial charge in [0.15, 0.2) is 0 Å². The second kappa shape index (κ2) is 3.08. The minimum Gasteiger partial charge on any atom is -0.457 e. The normalized spacial score (nSPS) is 14.4. The fourth-order valence-electron chi connectivity index (χ4n) is 1.81. The van der Waals surface area contributed by atoms with E-state index in [0.29, 0.717) is 18.1 Å². The maximum Gasteiger partial charge on any atom is 0.340 e. The molecule has 0 aromatic carbocycles. The smallest absolute Gasteiger partial charge is 0.340 e. The van der Waals surface area contributed by atoms with E-state index < -0.39 is 0 Å². The van der Waals surface area contributed by atoms with E-state index in [1.807, 2.05) is 13.1 Å². The van der Waals surface area contributed by atoms with Crippen molar-refractivity contribution in [2.45, 2.75) is 33.3 Å². The van der Waals surface area contributed by atoms with Gasteiger partial charge in [0.1, 0.15) is 6.61 Å². The van der Waals surface area contributed by atoms with Gasteiger partial charge in [-0.05, 0) is 18.4 Å². The van der Waals surface area contributed by atoms with Crippen molar-refractivity contribution in [2.75, 3.05) is 0 Å². The molecule has 0 saturated heterocycles. The number of nitrogens with zero attached hydrogens (tertiary/aromatic N) is 1. The van der Waals surface area contributed by atoms with Gasteiger partial charge in [-0.15, -0.1) is 0 Å². The second-order valence-electron chi connectivity index (χ2n) is 3.88. The van der Waals surface area contributed by atoms with Crippen molar-refractivity contribution in [3.8, 4) is 0 Å². The zero-order valence-electron chi connectivity index (χ0n) is 8.63. The molecule has 1 aliphatic heterocycles. The molecule has 0 radical (unpaired) electrons. The van der Waals surface area contributed by atoms with Crippen LogP contribution < -0.4 is 0 Å². The number of pyridine rings is 1. The lowest BCUT2D eigenvalue weighted by Gasteiger charge is -2.09. The van der Waals surface area contributed by atoms with Crippen molar-refractivity contribution in [1.29, 1.82) is 0 Å². The lowest BCUT2D eigenvalue weighted by molar-refractivity contribution is 0.0534. The monoisotopic (exact) mass is 191 g/mol. The van der Waals surface area contributed by atoms with E-state index in [9.17, 15) is 4.79 Å². The Bertz CT molecular complexity index is 397. The van der Waals surface area contributed by atoms with Gasteiger partial charge in [0.2, 0.25) is 0 Å². The third-order valence-corrected chi connectivity index (χ3v) is 2.58. The number of ether oxygens (including phenoxy) is 1. The summed E-state index contributed by atoms with van der Waals surface area (Å²) in [6.45, 7) is 6.44. The number of rotatable bonds is 1. The molecular formula is C11H13NO2. The summed E-state index contributed by atoms with van der Waals surface area (Å²) in [7, 11) is 0. The standard InChI is InChI=1S/C11H13NO2/c1-6(2)8-4-12-7(3)10-9(8)5-14-11(10)13/h4,6H,5H2,1-3H3. The van der Waals surface area contributed by atoms with Crippen molar-refractivity contribution >= 4 is 5.97 Å². The zero-order valence-corrected chi connectivity index (χ0v) is 8.63. The first-order chi connectivity index (χ1) is 6.61. The van der Waals surface area contributed by atoms with E-state index in [0.717, 1.165) is 16.8 Å². The number of cyclic esters (lactones) is 1. The van der Waals surface area contributed by atoms with Gasteiger partial charge in [-0.2, -0.15) is 0 Å². The largest absolute Gasteiger partial charge is 0.457 e. The van der Waals surface area contributed by atoms with Gasteiger partial charge in [-0.1, -0.05) is 13.8 Å². The van der Waals surface area contributed by atoms with Crippen LogP contribution in [0.4, 0.5) is 0 Å². The lowest BCUT2D eigenvalue weighted by Crippen LogP contribution is -2.03. The SMILES string of the molecule is Cc1ncc(C(C)C)c2c1C(=O)OC2. The van der Waals surface area contributed by atoms with Crippen LogP contribution in [0.5, 0.6) is 0 Å². The predicted molar refractivity (Wildman–Crippen MR) is 52.2 cm³/mol. The van der Waals surface area contributed by atoms with Crippen LogP contribution in [0.3, 0.4) is 0 Å². The number of aryl methyl sites for hydroxylation is 1. The van der Waals surface area contributed by atoms with Crippen molar-refractivity contribution in [3.63, 3.8) is 0 Å². The Hall–Kier alpha value is -1.38. The average Bonchev–Trinajstić information content (AvgIpc) is 2.49. The molecule has 0 saturated carbocycles. The van der Waals surface area contributed by atoms with Crippen LogP contribution in [0.2, 0.25) is 0 Å². The number of hydrogen-bond acceptors (Lipinski definition) is 3. The molecule has 1 aliphatic rings. The summed E-state index contributed by atoms with van der Waals surface area (Å²) < 4.78 is 5.02. The van der Waals surface area contributed by atoms with Crippen LogP contribution in [-0.2, 0) is 11.3 Å². The first kappa shape index (κ1) is 9.19. The molecule has 0 unspecified atom stereocenters. The minimum absolute atomic E-state index is 0.229. The summed E-state index contributed by atoms with van der Waals surface area (Å²) in [6, 6.07) is 0. The van der Waals surface area contributed by atoms with E-state index in [1.54, 1.807) is 0 Å². The molecule has 3 nitrogen and oxygen atoms in total. The van der Waals surface area contributed by atoms with Crippen LogP contribution in [-0.4, -0.2) is 11.0 Å². The topological polar surface area (TPSA) is 39.2 Å². The highest BCUT2D eigenvalue weighted by Gasteiger charge is 2.27. The molecule has 1 aromatic rings. The average molecular weight is 191 g/mol. The molecule has 0 fully saturated rings. The number of fused-ring (bicyclic) bond motifs is 1. The predicted octanol–water partition coefficient (Wildman–Crippen LogP) is 2.18. The van der Waals surface area contributed by atoms with Gasteiger partial charge >= 0.3 is 5.97 Å². The van der Waals surface area contributed by atoms with Crippen molar-refractivity contribution < 1.29 is 9.53 Å². The Morgan fingerprint density at radius 1 is 1.50 bits per heavy atom. The molecule has 1 aromatic heterocycles. The number of carbonyl (C=O) groups is 1. The highest BCUT2D eigenvalue weighted by molar-refractivity contribution is 5.94. The summed E-state index contributed by atoms with van der Waals surface area (Å²) in [5, 5.41) is 0. The van der Waals surface area contributed by atoms with Gasteiger partial charge in [0.05, 0.1) is 11.3 Å². The Morgan fingerprint density at radius 2 is 2.21 bits per heavy atom. The van der Waals surface area contributed by atoms with E-state index in [2.05, 4.69) is 18.8 Å². The summed E-state index contributed by atoms with van der Waals surface area (Å²) in [5.41, 5.74) is 3.59. The molecule has 0 N–H and O–H groups in total. The lowest BCUT2D eigenvalue weighted by atomic mass is 9.96. The van der Waals surface area contributed by atoms with Crippen LogP contribution in [0, 0.1) is 6.92 Å². The summed E-state index contributed by atoms with van der Waals surface area (Å²) >= 11 is 0. The number of hydrogen-bond donors (Lipinski definition) is 0. The van der Waals surface area contributed by atoms with Crippen LogP contribution in [0.25, 0.3) is 0 Å². The molecule has 0 amide bonds. The molecule has 0 bridgehead atoms.